The van der Waals surface area contributed by atoms with E-state index in [2.05, 4.69) is 17.2 Å². The molecule has 1 aliphatic heterocycles. The van der Waals surface area contributed by atoms with E-state index in [1.807, 2.05) is 0 Å². The average molecular weight is 180 g/mol. The molecule has 1 aliphatic rings. The maximum absolute atomic E-state index is 11.1. The molecule has 1 fully saturated rings. The fourth-order valence-electron chi connectivity index (χ4n) is 0.967. The van der Waals surface area contributed by atoms with Crippen molar-refractivity contribution >= 4 is 17.7 Å². The van der Waals surface area contributed by atoms with Crippen molar-refractivity contribution in [3.63, 3.8) is 0 Å². The van der Waals surface area contributed by atoms with E-state index < -0.39 is 17.7 Å². The molecule has 0 spiro atoms. The van der Waals surface area contributed by atoms with Gasteiger partial charge in [0.05, 0.1) is 0 Å². The van der Waals surface area contributed by atoms with Crippen LogP contribution in [-0.2, 0) is 14.4 Å². The topological polar surface area (TPSA) is 66.5 Å². The Morgan fingerprint density at radius 3 is 2.38 bits per heavy atom. The van der Waals surface area contributed by atoms with E-state index in [0.717, 1.165) is 4.90 Å². The minimum Gasteiger partial charge on any atom is -0.313 e. The number of hydrogen-bond acceptors (Lipinski definition) is 3. The highest BCUT2D eigenvalue weighted by Crippen LogP contribution is 1.94. The van der Waals surface area contributed by atoms with Crippen LogP contribution in [0.3, 0.4) is 0 Å². The Bertz CT molecular complexity index is 308. The molecule has 0 aromatic heterocycles. The quantitative estimate of drug-likeness (QED) is 0.364. The number of imide groups is 1. The monoisotopic (exact) mass is 180 g/mol. The van der Waals surface area contributed by atoms with Crippen LogP contribution in [0.5, 0.6) is 0 Å². The van der Waals surface area contributed by atoms with Crippen molar-refractivity contribution in [1.29, 1.82) is 0 Å². The summed E-state index contributed by atoms with van der Waals surface area (Å²) in [5, 5.41) is 2.09. The van der Waals surface area contributed by atoms with E-state index in [-0.39, 0.29) is 13.1 Å². The fourth-order valence-corrected chi connectivity index (χ4v) is 0.967. The number of amides is 3. The zero-order valence-corrected chi connectivity index (χ0v) is 7.09. The summed E-state index contributed by atoms with van der Waals surface area (Å²) < 4.78 is 0. The highest BCUT2D eigenvalue weighted by molar-refractivity contribution is 6.05. The molecule has 13 heavy (non-hydrogen) atoms. The van der Waals surface area contributed by atoms with Gasteiger partial charge in [-0.3, -0.25) is 19.7 Å². The van der Waals surface area contributed by atoms with Crippen molar-refractivity contribution in [2.24, 2.45) is 0 Å². The molecule has 1 rings (SSSR count). The molecule has 1 heterocycles. The number of carbonyl (C=O) groups is 3. The molecule has 0 bridgehead atoms. The van der Waals surface area contributed by atoms with E-state index in [1.165, 1.54) is 6.92 Å². The van der Waals surface area contributed by atoms with Gasteiger partial charge in [0.25, 0.3) is 5.91 Å². The maximum Gasteiger partial charge on any atom is 0.299 e. The van der Waals surface area contributed by atoms with Crippen LogP contribution in [0, 0.1) is 11.8 Å². The van der Waals surface area contributed by atoms with E-state index in [9.17, 15) is 14.4 Å². The fraction of sp³-hybridized carbons (Fsp3) is 0.375. The van der Waals surface area contributed by atoms with Gasteiger partial charge in [0.2, 0.25) is 11.8 Å². The van der Waals surface area contributed by atoms with Crippen LogP contribution in [0.15, 0.2) is 0 Å². The molecule has 0 radical (unpaired) electrons. The predicted molar refractivity (Wildman–Crippen MR) is 43.2 cm³/mol. The largest absolute Gasteiger partial charge is 0.313 e. The first-order chi connectivity index (χ1) is 6.13. The summed E-state index contributed by atoms with van der Waals surface area (Å²) in [5.41, 5.74) is 0. The first-order valence-corrected chi connectivity index (χ1v) is 3.68. The Balaban J connectivity index is 2.68. The Kier molecular flexibility index (Phi) is 2.65. The van der Waals surface area contributed by atoms with Crippen LogP contribution in [0.25, 0.3) is 0 Å². The van der Waals surface area contributed by atoms with Gasteiger partial charge in [-0.1, -0.05) is 5.92 Å². The van der Waals surface area contributed by atoms with Crippen molar-refractivity contribution < 1.29 is 14.4 Å². The minimum atomic E-state index is -0.495. The molecule has 0 unspecified atom stereocenters. The van der Waals surface area contributed by atoms with Gasteiger partial charge < -0.3 is 4.90 Å². The Hall–Kier alpha value is -1.83. The molecule has 1 saturated heterocycles. The summed E-state index contributed by atoms with van der Waals surface area (Å²) in [6.07, 6.45) is 0. The van der Waals surface area contributed by atoms with Crippen molar-refractivity contribution in [2.75, 3.05) is 13.1 Å². The second-order valence-electron chi connectivity index (χ2n) is 2.51. The van der Waals surface area contributed by atoms with Gasteiger partial charge in [-0.05, 0) is 12.8 Å². The molecule has 1 N–H and O–H groups in total. The van der Waals surface area contributed by atoms with Crippen molar-refractivity contribution in [2.45, 2.75) is 6.92 Å². The third kappa shape index (κ3) is 2.30. The van der Waals surface area contributed by atoms with E-state index >= 15 is 0 Å². The number of piperazine rings is 1. The zero-order valence-electron chi connectivity index (χ0n) is 7.09. The molecule has 68 valence electrons. The zero-order chi connectivity index (χ0) is 9.84. The second-order valence-corrected chi connectivity index (χ2v) is 2.51. The summed E-state index contributed by atoms with van der Waals surface area (Å²) >= 11 is 0. The summed E-state index contributed by atoms with van der Waals surface area (Å²) in [4.78, 5) is 33.9. The molecule has 0 saturated carbocycles. The Labute approximate surface area is 75.1 Å². The van der Waals surface area contributed by atoms with Gasteiger partial charge in [0.1, 0.15) is 13.1 Å². The third-order valence-electron chi connectivity index (χ3n) is 1.47. The lowest BCUT2D eigenvalue weighted by molar-refractivity contribution is -0.142. The van der Waals surface area contributed by atoms with E-state index in [0.29, 0.717) is 0 Å². The van der Waals surface area contributed by atoms with Crippen LogP contribution < -0.4 is 5.32 Å². The highest BCUT2D eigenvalue weighted by Gasteiger charge is 2.24. The first kappa shape index (κ1) is 9.26. The summed E-state index contributed by atoms with van der Waals surface area (Å²) in [7, 11) is 0. The normalized spacial score (nSPS) is 15.9. The van der Waals surface area contributed by atoms with Crippen LogP contribution in [-0.4, -0.2) is 35.7 Å². The van der Waals surface area contributed by atoms with Crippen molar-refractivity contribution in [1.82, 2.24) is 10.2 Å². The first-order valence-electron chi connectivity index (χ1n) is 3.68. The van der Waals surface area contributed by atoms with Crippen LogP contribution >= 0.6 is 0 Å². The second kappa shape index (κ2) is 3.72. The van der Waals surface area contributed by atoms with Crippen LogP contribution in [0.4, 0.5) is 0 Å². The number of carbonyl (C=O) groups excluding carboxylic acids is 3. The molecule has 0 aromatic rings. The number of nitrogens with one attached hydrogen (secondary N) is 1. The smallest absolute Gasteiger partial charge is 0.299 e. The number of hydrogen-bond donors (Lipinski definition) is 1. The highest BCUT2D eigenvalue weighted by atomic mass is 16.2. The van der Waals surface area contributed by atoms with Gasteiger partial charge in [-0.2, -0.15) is 0 Å². The molecule has 0 atom stereocenters. The molecular formula is C8H8N2O3. The van der Waals surface area contributed by atoms with E-state index in [4.69, 9.17) is 0 Å². The molecule has 0 aliphatic carbocycles. The van der Waals surface area contributed by atoms with Gasteiger partial charge in [0.15, 0.2) is 0 Å². The Morgan fingerprint density at radius 2 is 1.92 bits per heavy atom. The van der Waals surface area contributed by atoms with Gasteiger partial charge in [-0.15, -0.1) is 0 Å². The lowest BCUT2D eigenvalue weighted by Crippen LogP contribution is -2.53. The molecule has 3 amide bonds. The maximum atomic E-state index is 11.1. The number of rotatable bonds is 0. The lowest BCUT2D eigenvalue weighted by Gasteiger charge is -2.22. The molecular weight excluding hydrogens is 172 g/mol. The summed E-state index contributed by atoms with van der Waals surface area (Å²) in [6, 6.07) is 0. The average Bonchev–Trinajstić information content (AvgIpc) is 2.03. The van der Waals surface area contributed by atoms with E-state index in [1.54, 1.807) is 0 Å². The standard InChI is InChI=1S/C8H8N2O3/c1-2-3-8(13)10-4-6(11)9-7(12)5-10/h4-5H2,1H3,(H,9,11,12). The van der Waals surface area contributed by atoms with Crippen molar-refractivity contribution in [3.8, 4) is 11.8 Å². The van der Waals surface area contributed by atoms with Crippen LogP contribution in [0.2, 0.25) is 0 Å². The summed E-state index contributed by atoms with van der Waals surface area (Å²) in [6.45, 7) is 1.32. The minimum absolute atomic E-state index is 0.0980. The number of nitrogens with zero attached hydrogens (tertiary/aromatic N) is 1. The molecule has 0 aromatic carbocycles. The van der Waals surface area contributed by atoms with Crippen molar-refractivity contribution in [3.05, 3.63) is 0 Å². The van der Waals surface area contributed by atoms with Gasteiger partial charge in [-0.25, -0.2) is 0 Å². The lowest BCUT2D eigenvalue weighted by atomic mass is 10.3. The van der Waals surface area contributed by atoms with Crippen LogP contribution in [0.1, 0.15) is 6.92 Å². The molecule has 5 nitrogen and oxygen atoms in total. The SMILES string of the molecule is CC#CC(=O)N1CC(=O)NC(=O)C1. The van der Waals surface area contributed by atoms with Gasteiger partial charge in [0, 0.05) is 0 Å². The third-order valence-corrected chi connectivity index (χ3v) is 1.47. The predicted octanol–water partition coefficient (Wildman–Crippen LogP) is -1.51. The Morgan fingerprint density at radius 1 is 1.38 bits per heavy atom. The molecule has 5 heteroatoms. The van der Waals surface area contributed by atoms with Gasteiger partial charge >= 0.3 is 0 Å². The summed E-state index contributed by atoms with van der Waals surface area (Å²) in [5.74, 6) is 3.24.